The summed E-state index contributed by atoms with van der Waals surface area (Å²) in [4.78, 5) is 43.3. The highest BCUT2D eigenvalue weighted by Crippen LogP contribution is 2.55. The van der Waals surface area contributed by atoms with Crippen molar-refractivity contribution in [2.45, 2.75) is 121 Å². The van der Waals surface area contributed by atoms with Crippen LogP contribution in [-0.2, 0) is 16.0 Å². The molecule has 5 fully saturated rings. The zero-order valence-corrected chi connectivity index (χ0v) is 25.4. The maximum atomic E-state index is 13.9. The third-order valence-corrected chi connectivity index (χ3v) is 10.5. The van der Waals surface area contributed by atoms with Crippen molar-refractivity contribution >= 4 is 28.4 Å². The molecule has 1 aliphatic heterocycles. The molecule has 4 saturated carbocycles. The summed E-state index contributed by atoms with van der Waals surface area (Å²) >= 11 is 0. The van der Waals surface area contributed by atoms with Crippen LogP contribution in [0.5, 0.6) is 0 Å². The van der Waals surface area contributed by atoms with Gasteiger partial charge in [0.2, 0.25) is 11.8 Å². The van der Waals surface area contributed by atoms with Crippen molar-refractivity contribution < 1.29 is 9.59 Å². The minimum absolute atomic E-state index is 0.199. The van der Waals surface area contributed by atoms with E-state index in [2.05, 4.69) is 22.9 Å². The van der Waals surface area contributed by atoms with Gasteiger partial charge in [-0.15, -0.1) is 0 Å². The molecule has 0 spiro atoms. The summed E-state index contributed by atoms with van der Waals surface area (Å²) in [5, 5.41) is 10.5. The van der Waals surface area contributed by atoms with Crippen molar-refractivity contribution in [2.24, 2.45) is 17.8 Å². The molecule has 1 aromatic heterocycles. The van der Waals surface area contributed by atoms with Gasteiger partial charge in [0.25, 0.3) is 5.56 Å². The van der Waals surface area contributed by atoms with E-state index in [0.717, 1.165) is 62.2 Å². The minimum Gasteiger partial charge on any atom is -0.384 e. The summed E-state index contributed by atoms with van der Waals surface area (Å²) in [7, 11) is 0. The van der Waals surface area contributed by atoms with Crippen LogP contribution in [0, 0.1) is 17.8 Å². The first-order valence-electron chi connectivity index (χ1n) is 16.8. The summed E-state index contributed by atoms with van der Waals surface area (Å²) < 4.78 is 1.56. The predicted molar refractivity (Wildman–Crippen MR) is 167 cm³/mol. The molecule has 228 valence electrons. The van der Waals surface area contributed by atoms with Crippen LogP contribution in [0.1, 0.15) is 115 Å². The third-order valence-electron chi connectivity index (χ3n) is 10.5. The predicted octanol–water partition coefficient (Wildman–Crippen LogP) is 5.64. The van der Waals surface area contributed by atoms with E-state index in [0.29, 0.717) is 35.1 Å². The van der Waals surface area contributed by atoms with Crippen LogP contribution in [0.25, 0.3) is 10.9 Å². The Balaban J connectivity index is 1.01. The fraction of sp³-hybridized carbons (Fsp3) is 0.706. The minimum atomic E-state index is -0.704. The van der Waals surface area contributed by atoms with Gasteiger partial charge >= 0.3 is 0 Å². The summed E-state index contributed by atoms with van der Waals surface area (Å²) in [5.74, 6) is 2.92. The number of piperidine rings is 1. The van der Waals surface area contributed by atoms with Crippen LogP contribution in [0.15, 0.2) is 23.0 Å². The Kier molecular flexibility index (Phi) is 8.98. The third kappa shape index (κ3) is 6.29. The molecule has 8 nitrogen and oxygen atoms in total. The first-order chi connectivity index (χ1) is 20.4. The smallest absolute Gasteiger partial charge is 0.264 e. The van der Waals surface area contributed by atoms with Gasteiger partial charge in [-0.05, 0) is 101 Å². The number of carbonyl (C=O) groups is 2. The van der Waals surface area contributed by atoms with Gasteiger partial charge in [-0.3, -0.25) is 24.3 Å². The Bertz CT molecular complexity index is 1320. The number of benzene rings is 1. The Morgan fingerprint density at radius 1 is 0.929 bits per heavy atom. The molecule has 4 aliphatic carbocycles. The molecule has 4 bridgehead atoms. The van der Waals surface area contributed by atoms with E-state index in [1.54, 1.807) is 4.57 Å². The van der Waals surface area contributed by atoms with Crippen molar-refractivity contribution in [3.8, 4) is 0 Å². The molecule has 1 atom stereocenters. The molecule has 0 radical (unpaired) electrons. The average Bonchev–Trinajstić information content (AvgIpc) is 2.95. The molecule has 1 unspecified atom stereocenters. The molecule has 2 aromatic rings. The summed E-state index contributed by atoms with van der Waals surface area (Å²) in [6.07, 6.45) is 17.7. The van der Waals surface area contributed by atoms with E-state index in [-0.39, 0.29) is 17.9 Å². The van der Waals surface area contributed by atoms with E-state index in [9.17, 15) is 14.4 Å². The Labute approximate surface area is 249 Å². The first kappa shape index (κ1) is 29.3. The fourth-order valence-electron chi connectivity index (χ4n) is 8.88. The largest absolute Gasteiger partial charge is 0.384 e. The molecule has 1 aromatic carbocycles. The van der Waals surface area contributed by atoms with E-state index >= 15 is 0 Å². The Hall–Kier alpha value is -2.74. The van der Waals surface area contributed by atoms with Gasteiger partial charge in [-0.1, -0.05) is 38.7 Å². The standard InChI is InChI=1S/C34H49N5O3/c1-2-3-12-29-37-27-11-9-10-26(31(27)33(42)39(29)28-13-14-30(40)38-32(28)41)35-15-7-5-4-6-8-16-36-34-20-23-17-24(21-34)19-25(18-23)22-34/h9-11,23-25,28,35-36H,2-8,12-22H2,1H3,(H,38,40,41). The number of amides is 2. The van der Waals surface area contributed by atoms with Crippen molar-refractivity contribution in [1.29, 1.82) is 0 Å². The molecule has 8 heteroatoms. The van der Waals surface area contributed by atoms with E-state index < -0.39 is 11.9 Å². The second-order valence-corrected chi connectivity index (χ2v) is 13.8. The molecule has 5 aliphatic rings. The maximum absolute atomic E-state index is 13.9. The molecule has 2 amide bonds. The summed E-state index contributed by atoms with van der Waals surface area (Å²) in [5.41, 5.74) is 1.70. The normalized spacial score (nSPS) is 28.4. The number of unbranched alkanes of at least 4 members (excludes halogenated alkanes) is 5. The second-order valence-electron chi connectivity index (χ2n) is 13.8. The number of carbonyl (C=O) groups excluding carboxylic acids is 2. The van der Waals surface area contributed by atoms with Crippen molar-refractivity contribution in [3.63, 3.8) is 0 Å². The zero-order chi connectivity index (χ0) is 29.1. The van der Waals surface area contributed by atoms with Crippen molar-refractivity contribution in [1.82, 2.24) is 20.2 Å². The van der Waals surface area contributed by atoms with Crippen LogP contribution in [0.4, 0.5) is 5.69 Å². The lowest BCUT2D eigenvalue weighted by Crippen LogP contribution is -2.58. The zero-order valence-electron chi connectivity index (χ0n) is 25.4. The van der Waals surface area contributed by atoms with Crippen molar-refractivity contribution in [2.75, 3.05) is 18.4 Å². The van der Waals surface area contributed by atoms with Crippen LogP contribution in [0.2, 0.25) is 0 Å². The molecule has 1 saturated heterocycles. The van der Waals surface area contributed by atoms with Gasteiger partial charge in [-0.2, -0.15) is 0 Å². The van der Waals surface area contributed by atoms with Crippen LogP contribution in [0.3, 0.4) is 0 Å². The van der Waals surface area contributed by atoms with E-state index in [4.69, 9.17) is 4.98 Å². The van der Waals surface area contributed by atoms with Gasteiger partial charge in [0, 0.05) is 30.6 Å². The number of hydrogen-bond acceptors (Lipinski definition) is 6. The van der Waals surface area contributed by atoms with Gasteiger partial charge < -0.3 is 10.6 Å². The monoisotopic (exact) mass is 575 g/mol. The highest BCUT2D eigenvalue weighted by molar-refractivity contribution is 5.99. The fourth-order valence-corrected chi connectivity index (χ4v) is 8.88. The number of nitrogens with zero attached hydrogens (tertiary/aromatic N) is 2. The highest BCUT2D eigenvalue weighted by Gasteiger charge is 2.50. The molecular formula is C34H49N5O3. The van der Waals surface area contributed by atoms with Crippen molar-refractivity contribution in [3.05, 3.63) is 34.4 Å². The second kappa shape index (κ2) is 12.9. The van der Waals surface area contributed by atoms with Gasteiger partial charge in [0.15, 0.2) is 0 Å². The number of fused-ring (bicyclic) bond motifs is 1. The molecular weight excluding hydrogens is 526 g/mol. The number of imide groups is 1. The average molecular weight is 576 g/mol. The molecule has 7 rings (SSSR count). The topological polar surface area (TPSA) is 105 Å². The van der Waals surface area contributed by atoms with E-state index in [1.807, 2.05) is 18.2 Å². The van der Waals surface area contributed by atoms with Crippen LogP contribution in [-0.4, -0.2) is 40.0 Å². The van der Waals surface area contributed by atoms with E-state index in [1.165, 1.54) is 57.8 Å². The van der Waals surface area contributed by atoms with Gasteiger partial charge in [0.05, 0.1) is 10.9 Å². The van der Waals surface area contributed by atoms with Crippen LogP contribution >= 0.6 is 0 Å². The lowest BCUT2D eigenvalue weighted by Gasteiger charge is -2.57. The molecule has 42 heavy (non-hydrogen) atoms. The number of hydrogen-bond donors (Lipinski definition) is 3. The highest BCUT2D eigenvalue weighted by atomic mass is 16.2. The number of aryl methyl sites for hydroxylation is 1. The summed E-state index contributed by atoms with van der Waals surface area (Å²) in [6, 6.07) is 5.05. The van der Waals surface area contributed by atoms with Gasteiger partial charge in [-0.25, -0.2) is 4.98 Å². The maximum Gasteiger partial charge on any atom is 0.264 e. The lowest BCUT2D eigenvalue weighted by atomic mass is 9.53. The Morgan fingerprint density at radius 2 is 1.62 bits per heavy atom. The van der Waals surface area contributed by atoms with Crippen LogP contribution < -0.4 is 21.5 Å². The molecule has 3 N–H and O–H groups in total. The number of nitrogens with one attached hydrogen (secondary N) is 3. The number of anilines is 1. The number of rotatable bonds is 14. The lowest BCUT2D eigenvalue weighted by molar-refractivity contribution is -0.135. The van der Waals surface area contributed by atoms with Gasteiger partial charge in [0.1, 0.15) is 11.9 Å². The first-order valence-corrected chi connectivity index (χ1v) is 16.8. The quantitative estimate of drug-likeness (QED) is 0.199. The summed E-state index contributed by atoms with van der Waals surface area (Å²) in [6.45, 7) is 4.05. The SMILES string of the molecule is CCCCc1nc2cccc(NCCCCCCCNC34CC5CC(CC(C5)C3)C4)c2c(=O)n1C1CCC(=O)NC1=O. The molecule has 2 heterocycles. The number of aromatic nitrogens is 2. The Morgan fingerprint density at radius 3 is 2.31 bits per heavy atom.